The molecule has 1 saturated heterocycles. The van der Waals surface area contributed by atoms with Crippen LogP contribution in [0.5, 0.6) is 5.75 Å². The molecule has 2 aliphatic rings. The SMILES string of the molecule is COc1cccc(C2C=C(N3CCC[C@@]3(C)c3nc4cc(Cl)c(C(F)(F)F)cc4[nH]3)C(C)=CC2)c1. The number of likely N-dealkylation sites (tertiary alicyclic amines) is 1. The van der Waals surface area contributed by atoms with Crippen LogP contribution in [-0.2, 0) is 11.7 Å². The highest BCUT2D eigenvalue weighted by atomic mass is 35.5. The summed E-state index contributed by atoms with van der Waals surface area (Å²) in [4.78, 5) is 10.2. The van der Waals surface area contributed by atoms with Gasteiger partial charge in [-0.15, -0.1) is 0 Å². The number of allylic oxidation sites excluding steroid dienone is 3. The molecule has 2 atom stereocenters. The molecule has 4 nitrogen and oxygen atoms in total. The number of aromatic amines is 1. The summed E-state index contributed by atoms with van der Waals surface area (Å²) < 4.78 is 45.6. The molecule has 0 amide bonds. The summed E-state index contributed by atoms with van der Waals surface area (Å²) in [6.45, 7) is 5.05. The molecule has 1 aliphatic carbocycles. The molecule has 184 valence electrons. The Bertz CT molecular complexity index is 1340. The van der Waals surface area contributed by atoms with Gasteiger partial charge in [-0.05, 0) is 68.5 Å². The quantitative estimate of drug-likeness (QED) is 0.400. The summed E-state index contributed by atoms with van der Waals surface area (Å²) >= 11 is 5.95. The fourth-order valence-corrected chi connectivity index (χ4v) is 5.57. The monoisotopic (exact) mass is 501 g/mol. The number of hydrogen-bond donors (Lipinski definition) is 1. The van der Waals surface area contributed by atoms with E-state index in [0.717, 1.165) is 43.3 Å². The maximum atomic E-state index is 13.4. The molecule has 1 N–H and O–H groups in total. The fraction of sp³-hybridized carbons (Fsp3) is 0.370. The number of fused-ring (bicyclic) bond motifs is 1. The molecular weight excluding hydrogens is 475 g/mol. The zero-order valence-electron chi connectivity index (χ0n) is 19.8. The Labute approximate surface area is 207 Å². The lowest BCUT2D eigenvalue weighted by atomic mass is 9.87. The predicted molar refractivity (Wildman–Crippen MR) is 132 cm³/mol. The summed E-state index contributed by atoms with van der Waals surface area (Å²) in [5.41, 5.74) is 2.94. The van der Waals surface area contributed by atoms with Crippen molar-refractivity contribution in [1.82, 2.24) is 14.9 Å². The van der Waals surface area contributed by atoms with Gasteiger partial charge in [0.15, 0.2) is 0 Å². The van der Waals surface area contributed by atoms with Crippen molar-refractivity contribution in [1.29, 1.82) is 0 Å². The van der Waals surface area contributed by atoms with Gasteiger partial charge in [0, 0.05) is 18.2 Å². The van der Waals surface area contributed by atoms with Crippen molar-refractivity contribution in [3.05, 3.63) is 81.8 Å². The Hall–Kier alpha value is -2.93. The van der Waals surface area contributed by atoms with Gasteiger partial charge in [-0.1, -0.05) is 35.9 Å². The van der Waals surface area contributed by atoms with Gasteiger partial charge in [0.1, 0.15) is 11.6 Å². The van der Waals surface area contributed by atoms with Gasteiger partial charge in [-0.3, -0.25) is 0 Å². The second-order valence-corrected chi connectivity index (χ2v) is 9.93. The Balaban J connectivity index is 1.53. The Morgan fingerprint density at radius 2 is 2.03 bits per heavy atom. The molecule has 1 aliphatic heterocycles. The first-order chi connectivity index (χ1) is 16.6. The Morgan fingerprint density at radius 3 is 2.77 bits per heavy atom. The molecule has 2 heterocycles. The highest BCUT2D eigenvalue weighted by molar-refractivity contribution is 6.32. The van der Waals surface area contributed by atoms with Crippen LogP contribution in [0.3, 0.4) is 0 Å². The van der Waals surface area contributed by atoms with Crippen LogP contribution < -0.4 is 4.74 Å². The zero-order valence-corrected chi connectivity index (χ0v) is 20.6. The number of aromatic nitrogens is 2. The van der Waals surface area contributed by atoms with Crippen LogP contribution in [0, 0.1) is 0 Å². The molecule has 1 aromatic heterocycles. The highest BCUT2D eigenvalue weighted by Gasteiger charge is 2.43. The molecule has 1 unspecified atom stereocenters. The van der Waals surface area contributed by atoms with Crippen molar-refractivity contribution in [2.75, 3.05) is 13.7 Å². The first kappa shape index (κ1) is 23.8. The van der Waals surface area contributed by atoms with E-state index in [4.69, 9.17) is 21.3 Å². The molecule has 3 aromatic rings. The Kier molecular flexibility index (Phi) is 5.86. The van der Waals surface area contributed by atoms with Gasteiger partial charge >= 0.3 is 6.18 Å². The van der Waals surface area contributed by atoms with Crippen LogP contribution >= 0.6 is 11.6 Å². The largest absolute Gasteiger partial charge is 0.497 e. The van der Waals surface area contributed by atoms with E-state index in [-0.39, 0.29) is 10.9 Å². The number of ether oxygens (including phenoxy) is 1. The second-order valence-electron chi connectivity index (χ2n) is 9.52. The average Bonchev–Trinajstić information content (AvgIpc) is 3.42. The van der Waals surface area contributed by atoms with Gasteiger partial charge in [0.25, 0.3) is 0 Å². The summed E-state index contributed by atoms with van der Waals surface area (Å²) in [5.74, 6) is 1.68. The topological polar surface area (TPSA) is 41.1 Å². The minimum Gasteiger partial charge on any atom is -0.497 e. The number of methoxy groups -OCH3 is 1. The first-order valence-electron chi connectivity index (χ1n) is 11.7. The van der Waals surface area contributed by atoms with E-state index < -0.39 is 17.3 Å². The van der Waals surface area contributed by atoms with E-state index in [1.54, 1.807) is 7.11 Å². The second kappa shape index (κ2) is 8.63. The molecular formula is C27H27ClF3N3O. The van der Waals surface area contributed by atoms with Crippen LogP contribution in [0.1, 0.15) is 56.0 Å². The smallest absolute Gasteiger partial charge is 0.417 e. The van der Waals surface area contributed by atoms with Gasteiger partial charge in [0.2, 0.25) is 0 Å². The van der Waals surface area contributed by atoms with Crippen molar-refractivity contribution >= 4 is 22.6 Å². The molecule has 8 heteroatoms. The van der Waals surface area contributed by atoms with Crippen LogP contribution in [-0.4, -0.2) is 28.5 Å². The number of H-pyrrole nitrogens is 1. The molecule has 1 fully saturated rings. The molecule has 5 rings (SSSR count). The van der Waals surface area contributed by atoms with Gasteiger partial charge in [-0.2, -0.15) is 13.2 Å². The van der Waals surface area contributed by atoms with Crippen molar-refractivity contribution in [2.24, 2.45) is 0 Å². The number of halogens is 4. The van der Waals surface area contributed by atoms with Crippen molar-refractivity contribution < 1.29 is 17.9 Å². The van der Waals surface area contributed by atoms with Crippen molar-refractivity contribution in [3.8, 4) is 5.75 Å². The molecule has 0 bridgehead atoms. The minimum absolute atomic E-state index is 0.206. The van der Waals surface area contributed by atoms with Gasteiger partial charge in [-0.25, -0.2) is 4.98 Å². The third-order valence-electron chi connectivity index (χ3n) is 7.28. The number of imidazole rings is 1. The molecule has 2 aromatic carbocycles. The van der Waals surface area contributed by atoms with Crippen molar-refractivity contribution in [3.63, 3.8) is 0 Å². The molecule has 0 saturated carbocycles. The number of nitrogens with zero attached hydrogens (tertiary/aromatic N) is 2. The predicted octanol–water partition coefficient (Wildman–Crippen LogP) is 7.57. The summed E-state index contributed by atoms with van der Waals surface area (Å²) in [5, 5.41) is -0.341. The lowest BCUT2D eigenvalue weighted by Gasteiger charge is -2.39. The van der Waals surface area contributed by atoms with E-state index in [9.17, 15) is 13.2 Å². The summed E-state index contributed by atoms with van der Waals surface area (Å²) in [6.07, 6.45) is 2.72. The number of benzene rings is 2. The summed E-state index contributed by atoms with van der Waals surface area (Å²) in [7, 11) is 1.67. The normalized spacial score (nSPS) is 22.9. The lowest BCUT2D eigenvalue weighted by molar-refractivity contribution is -0.137. The lowest BCUT2D eigenvalue weighted by Crippen LogP contribution is -2.39. The fourth-order valence-electron chi connectivity index (χ4n) is 5.30. The third kappa shape index (κ3) is 4.20. The van der Waals surface area contributed by atoms with Crippen LogP contribution in [0.25, 0.3) is 11.0 Å². The maximum absolute atomic E-state index is 13.4. The standard InChI is InChI=1S/C27H27ClF3N3O/c1-16-8-9-18(17-6-4-7-19(12-17)35-3)13-24(16)34-11-5-10-26(34,2)25-32-22-14-20(27(29,30)31)21(28)15-23(22)33-25/h4,6-8,12-15,18H,5,9-11H2,1-3H3,(H,32,33)/t18?,26-/m0/s1. The van der Waals surface area contributed by atoms with Crippen LogP contribution in [0.15, 0.2) is 59.8 Å². The van der Waals surface area contributed by atoms with Gasteiger partial charge < -0.3 is 14.6 Å². The third-order valence-corrected chi connectivity index (χ3v) is 7.59. The molecule has 0 spiro atoms. The van der Waals surface area contributed by atoms with E-state index in [0.29, 0.717) is 16.9 Å². The Morgan fingerprint density at radius 1 is 1.23 bits per heavy atom. The number of nitrogens with one attached hydrogen (secondary N) is 1. The van der Waals surface area contributed by atoms with E-state index in [1.165, 1.54) is 17.2 Å². The zero-order chi connectivity index (χ0) is 25.0. The van der Waals surface area contributed by atoms with E-state index in [1.807, 2.05) is 12.1 Å². The number of hydrogen-bond acceptors (Lipinski definition) is 3. The van der Waals surface area contributed by atoms with E-state index in [2.05, 4.69) is 48.0 Å². The summed E-state index contributed by atoms with van der Waals surface area (Å²) in [6, 6.07) is 10.5. The van der Waals surface area contributed by atoms with Crippen LogP contribution in [0.2, 0.25) is 5.02 Å². The number of alkyl halides is 3. The molecule has 0 radical (unpaired) electrons. The van der Waals surface area contributed by atoms with Crippen molar-refractivity contribution in [2.45, 2.75) is 50.7 Å². The van der Waals surface area contributed by atoms with Crippen LogP contribution in [0.4, 0.5) is 13.2 Å². The maximum Gasteiger partial charge on any atom is 0.417 e. The average molecular weight is 502 g/mol. The van der Waals surface area contributed by atoms with E-state index >= 15 is 0 Å². The van der Waals surface area contributed by atoms with Gasteiger partial charge in [0.05, 0.1) is 34.3 Å². The first-order valence-corrected chi connectivity index (χ1v) is 12.1. The number of rotatable bonds is 4. The minimum atomic E-state index is -4.52. The molecule has 35 heavy (non-hydrogen) atoms. The highest BCUT2D eigenvalue weighted by Crippen LogP contribution is 2.45.